The fourth-order valence-corrected chi connectivity index (χ4v) is 4.08. The van der Waals surface area contributed by atoms with Crippen molar-refractivity contribution in [1.29, 1.82) is 5.26 Å². The van der Waals surface area contributed by atoms with Gasteiger partial charge in [-0.3, -0.25) is 0 Å². The lowest BCUT2D eigenvalue weighted by molar-refractivity contribution is 0.173. The van der Waals surface area contributed by atoms with Gasteiger partial charge in [0.1, 0.15) is 0 Å². The third-order valence-electron chi connectivity index (χ3n) is 5.40. The molecule has 1 saturated heterocycles. The van der Waals surface area contributed by atoms with Crippen LogP contribution in [0, 0.1) is 22.2 Å². The summed E-state index contributed by atoms with van der Waals surface area (Å²) in [5.41, 5.74) is 1.09. The fraction of sp³-hybridized carbons (Fsp3) is 0.933. The second kappa shape index (κ2) is 4.28. The molecule has 0 aromatic heterocycles. The third-order valence-corrected chi connectivity index (χ3v) is 5.40. The van der Waals surface area contributed by atoms with Gasteiger partial charge in [-0.2, -0.15) is 5.26 Å². The van der Waals surface area contributed by atoms with E-state index in [-0.39, 0.29) is 0 Å². The third kappa shape index (κ3) is 2.36. The first-order valence-electron chi connectivity index (χ1n) is 7.35. The molecule has 1 aliphatic heterocycles. The predicted molar refractivity (Wildman–Crippen MR) is 68.5 cm³/mol. The largest absolute Gasteiger partial charge is 0.302 e. The molecule has 0 radical (unpaired) electrons. The zero-order valence-corrected chi connectivity index (χ0v) is 10.9. The Morgan fingerprint density at radius 3 is 2.41 bits per heavy atom. The molecule has 0 N–H and O–H groups in total. The molecular formula is C15H24N2. The molecule has 3 aliphatic rings. The molecule has 17 heavy (non-hydrogen) atoms. The number of hydrogen-bond acceptors (Lipinski definition) is 2. The number of likely N-dealkylation sites (tertiary alicyclic amines) is 1. The smallest absolute Gasteiger partial charge is 0.0628 e. The van der Waals surface area contributed by atoms with Gasteiger partial charge < -0.3 is 4.90 Å². The summed E-state index contributed by atoms with van der Waals surface area (Å²) in [4.78, 5) is 2.68. The van der Waals surface area contributed by atoms with Crippen LogP contribution in [0.3, 0.4) is 0 Å². The van der Waals surface area contributed by atoms with Crippen molar-refractivity contribution < 1.29 is 0 Å². The highest BCUT2D eigenvalue weighted by Gasteiger charge is 2.47. The van der Waals surface area contributed by atoms with Crippen molar-refractivity contribution in [2.45, 2.75) is 57.8 Å². The monoisotopic (exact) mass is 232 g/mol. The zero-order valence-electron chi connectivity index (χ0n) is 10.9. The molecule has 1 heterocycles. The van der Waals surface area contributed by atoms with E-state index in [9.17, 15) is 0 Å². The van der Waals surface area contributed by atoms with Crippen molar-refractivity contribution >= 4 is 0 Å². The van der Waals surface area contributed by atoms with Crippen molar-refractivity contribution in [3.8, 4) is 6.07 Å². The van der Waals surface area contributed by atoms with Crippen LogP contribution in [0.25, 0.3) is 0 Å². The van der Waals surface area contributed by atoms with Crippen LogP contribution in [-0.4, -0.2) is 24.5 Å². The molecule has 2 nitrogen and oxygen atoms in total. The Kier molecular flexibility index (Phi) is 2.91. The summed E-state index contributed by atoms with van der Waals surface area (Å²) in [7, 11) is 0. The molecule has 0 atom stereocenters. The van der Waals surface area contributed by atoms with Crippen LogP contribution in [-0.2, 0) is 0 Å². The summed E-state index contributed by atoms with van der Waals surface area (Å²) in [6.07, 6.45) is 12.1. The quantitative estimate of drug-likeness (QED) is 0.746. The molecular weight excluding hydrogens is 208 g/mol. The maximum Gasteiger partial charge on any atom is 0.0628 e. The Bertz CT molecular complexity index is 318. The van der Waals surface area contributed by atoms with Gasteiger partial charge in [-0.05, 0) is 49.5 Å². The second-order valence-corrected chi connectivity index (χ2v) is 6.86. The number of hydrogen-bond donors (Lipinski definition) is 0. The molecule has 0 unspecified atom stereocenters. The predicted octanol–water partition coefficient (Wildman–Crippen LogP) is 3.34. The highest BCUT2D eigenvalue weighted by molar-refractivity contribution is 5.03. The molecule has 3 rings (SSSR count). The average molecular weight is 232 g/mol. The Morgan fingerprint density at radius 2 is 1.76 bits per heavy atom. The van der Waals surface area contributed by atoms with Gasteiger partial charge in [-0.1, -0.05) is 19.3 Å². The second-order valence-electron chi connectivity index (χ2n) is 6.86. The summed E-state index contributed by atoms with van der Waals surface area (Å²) < 4.78 is 0. The van der Waals surface area contributed by atoms with Crippen LogP contribution in [0.5, 0.6) is 0 Å². The van der Waals surface area contributed by atoms with Crippen LogP contribution < -0.4 is 0 Å². The molecule has 0 bridgehead atoms. The Morgan fingerprint density at radius 1 is 1.00 bits per heavy atom. The van der Waals surface area contributed by atoms with Gasteiger partial charge in [0.2, 0.25) is 0 Å². The van der Waals surface area contributed by atoms with E-state index in [0.29, 0.717) is 10.8 Å². The van der Waals surface area contributed by atoms with Crippen LogP contribution >= 0.6 is 0 Å². The Balaban J connectivity index is 1.55. The molecule has 94 valence electrons. The Labute approximate surface area is 105 Å². The topological polar surface area (TPSA) is 27.0 Å². The van der Waals surface area contributed by atoms with Gasteiger partial charge in [0, 0.05) is 19.5 Å². The van der Waals surface area contributed by atoms with Crippen LogP contribution in [0.2, 0.25) is 0 Å². The van der Waals surface area contributed by atoms with E-state index in [1.807, 2.05) is 0 Å². The minimum atomic E-state index is 0.412. The molecule has 2 heteroatoms. The van der Waals surface area contributed by atoms with Crippen molar-refractivity contribution in [2.75, 3.05) is 19.6 Å². The maximum absolute atomic E-state index is 8.89. The molecule has 2 aliphatic carbocycles. The van der Waals surface area contributed by atoms with E-state index in [2.05, 4.69) is 11.0 Å². The van der Waals surface area contributed by atoms with E-state index in [0.717, 1.165) is 6.42 Å². The van der Waals surface area contributed by atoms with Crippen molar-refractivity contribution in [3.63, 3.8) is 0 Å². The first-order chi connectivity index (χ1) is 8.26. The van der Waals surface area contributed by atoms with E-state index in [1.165, 1.54) is 71.0 Å². The lowest BCUT2D eigenvalue weighted by Crippen LogP contribution is -2.32. The zero-order chi connectivity index (χ0) is 11.8. The summed E-state index contributed by atoms with van der Waals surface area (Å²) >= 11 is 0. The molecule has 0 aromatic carbocycles. The van der Waals surface area contributed by atoms with Crippen LogP contribution in [0.1, 0.15) is 57.8 Å². The summed E-state index contributed by atoms with van der Waals surface area (Å²) in [5.74, 6) is 0. The van der Waals surface area contributed by atoms with E-state index >= 15 is 0 Å². The van der Waals surface area contributed by atoms with Gasteiger partial charge in [0.25, 0.3) is 0 Å². The lowest BCUT2D eigenvalue weighted by Gasteiger charge is -2.34. The van der Waals surface area contributed by atoms with Gasteiger partial charge in [0.15, 0.2) is 0 Å². The number of nitrogens with zero attached hydrogens (tertiary/aromatic N) is 2. The molecule has 3 fully saturated rings. The maximum atomic E-state index is 8.89. The van der Waals surface area contributed by atoms with Gasteiger partial charge in [0.05, 0.1) is 6.07 Å². The van der Waals surface area contributed by atoms with E-state index in [1.54, 1.807) is 0 Å². The standard InChI is InChI=1S/C15H24N2/c16-10-8-15(6-7-15)13-17-11-9-14(12-17)4-2-1-3-5-14/h1-9,11-13H2. The lowest BCUT2D eigenvalue weighted by atomic mass is 9.73. The minimum absolute atomic E-state index is 0.412. The first-order valence-corrected chi connectivity index (χ1v) is 7.35. The molecule has 2 saturated carbocycles. The van der Waals surface area contributed by atoms with Crippen LogP contribution in [0.15, 0.2) is 0 Å². The van der Waals surface area contributed by atoms with Crippen molar-refractivity contribution in [3.05, 3.63) is 0 Å². The summed E-state index contributed by atoms with van der Waals surface area (Å²) in [6.45, 7) is 3.84. The normalized spacial score (nSPS) is 30.3. The molecule has 1 spiro atoms. The minimum Gasteiger partial charge on any atom is -0.302 e. The SMILES string of the molecule is N#CCC1(CN2CCC3(CCCCC3)C2)CC1. The average Bonchev–Trinajstić information content (AvgIpc) is 2.98. The van der Waals surface area contributed by atoms with Gasteiger partial charge in [-0.25, -0.2) is 0 Å². The first kappa shape index (κ1) is 11.5. The van der Waals surface area contributed by atoms with Gasteiger partial charge in [-0.15, -0.1) is 0 Å². The Hall–Kier alpha value is -0.550. The van der Waals surface area contributed by atoms with Crippen LogP contribution in [0.4, 0.5) is 0 Å². The summed E-state index contributed by atoms with van der Waals surface area (Å²) in [5, 5.41) is 8.89. The number of rotatable bonds is 3. The van der Waals surface area contributed by atoms with Crippen molar-refractivity contribution in [1.82, 2.24) is 4.90 Å². The van der Waals surface area contributed by atoms with Gasteiger partial charge >= 0.3 is 0 Å². The van der Waals surface area contributed by atoms with Crippen molar-refractivity contribution in [2.24, 2.45) is 10.8 Å². The molecule has 0 aromatic rings. The molecule has 0 amide bonds. The summed E-state index contributed by atoms with van der Waals surface area (Å²) in [6, 6.07) is 2.39. The van der Waals surface area contributed by atoms with E-state index < -0.39 is 0 Å². The number of nitriles is 1. The fourth-order valence-electron chi connectivity index (χ4n) is 4.08. The highest BCUT2D eigenvalue weighted by atomic mass is 15.2. The highest BCUT2D eigenvalue weighted by Crippen LogP contribution is 2.51. The van der Waals surface area contributed by atoms with E-state index in [4.69, 9.17) is 5.26 Å².